The molecule has 1 aromatic heterocycles. The number of rotatable bonds is 9. The van der Waals surface area contributed by atoms with E-state index in [0.717, 1.165) is 44.3 Å². The normalized spacial score (nSPS) is 19.0. The smallest absolute Gasteiger partial charge is 0.240 e. The van der Waals surface area contributed by atoms with E-state index < -0.39 is 0 Å². The predicted molar refractivity (Wildman–Crippen MR) is 84.0 cm³/mol. The van der Waals surface area contributed by atoms with E-state index >= 15 is 0 Å². The van der Waals surface area contributed by atoms with Crippen molar-refractivity contribution in [2.75, 3.05) is 19.6 Å². The summed E-state index contributed by atoms with van der Waals surface area (Å²) in [6, 6.07) is 0.625. The molecule has 2 heterocycles. The van der Waals surface area contributed by atoms with Gasteiger partial charge in [0.2, 0.25) is 5.89 Å². The highest BCUT2D eigenvalue weighted by Crippen LogP contribution is 2.12. The number of hydrogen-bond acceptors (Lipinski definition) is 5. The van der Waals surface area contributed by atoms with Gasteiger partial charge < -0.3 is 9.84 Å². The van der Waals surface area contributed by atoms with Crippen LogP contribution in [0.25, 0.3) is 0 Å². The van der Waals surface area contributed by atoms with Crippen LogP contribution in [0.1, 0.15) is 58.2 Å². The second-order valence-corrected chi connectivity index (χ2v) is 6.58. The Balaban J connectivity index is 1.88. The van der Waals surface area contributed by atoms with Crippen LogP contribution in [-0.4, -0.2) is 40.7 Å². The molecule has 1 atom stereocenters. The lowest BCUT2D eigenvalue weighted by Gasteiger charge is -2.23. The molecule has 5 nitrogen and oxygen atoms in total. The minimum absolute atomic E-state index is 0.564. The van der Waals surface area contributed by atoms with Crippen LogP contribution in [-0.2, 0) is 13.0 Å². The maximum absolute atomic E-state index is 5.42. The molecule has 1 aromatic rings. The number of hydrogen-bond donors (Lipinski definition) is 1. The fourth-order valence-corrected chi connectivity index (χ4v) is 2.83. The molecule has 1 N–H and O–H groups in total. The Morgan fingerprint density at radius 2 is 2.29 bits per heavy atom. The molecule has 0 bridgehead atoms. The zero-order valence-electron chi connectivity index (χ0n) is 13.8. The quantitative estimate of drug-likeness (QED) is 0.759. The summed E-state index contributed by atoms with van der Waals surface area (Å²) in [5, 5.41) is 7.67. The molecule has 1 fully saturated rings. The third-order valence-electron chi connectivity index (χ3n) is 3.93. The molecule has 0 saturated carbocycles. The van der Waals surface area contributed by atoms with Gasteiger partial charge in [-0.1, -0.05) is 32.3 Å². The summed E-state index contributed by atoms with van der Waals surface area (Å²) in [6.07, 6.45) is 5.91. The average molecular weight is 294 g/mol. The minimum atomic E-state index is 0.564. The number of unbranched alkanes of at least 4 members (excludes halogenated alkanes) is 1. The van der Waals surface area contributed by atoms with E-state index in [4.69, 9.17) is 4.52 Å². The summed E-state index contributed by atoms with van der Waals surface area (Å²) in [6.45, 7) is 10.7. The molecule has 21 heavy (non-hydrogen) atoms. The van der Waals surface area contributed by atoms with Crippen molar-refractivity contribution in [1.82, 2.24) is 20.4 Å². The summed E-state index contributed by atoms with van der Waals surface area (Å²) < 4.78 is 5.42. The van der Waals surface area contributed by atoms with Crippen molar-refractivity contribution in [2.45, 2.75) is 65.5 Å². The molecule has 120 valence electrons. The van der Waals surface area contributed by atoms with Gasteiger partial charge in [-0.05, 0) is 38.3 Å². The third kappa shape index (κ3) is 5.75. The SMILES string of the molecule is CCCCN(Cc1nc(CC(C)C)no1)CC1CCCN1. The summed E-state index contributed by atoms with van der Waals surface area (Å²) in [7, 11) is 0. The molecule has 0 aromatic carbocycles. The first kappa shape index (κ1) is 16.4. The van der Waals surface area contributed by atoms with E-state index in [2.05, 4.69) is 41.1 Å². The monoisotopic (exact) mass is 294 g/mol. The molecule has 1 aliphatic rings. The van der Waals surface area contributed by atoms with Gasteiger partial charge >= 0.3 is 0 Å². The van der Waals surface area contributed by atoms with Crippen LogP contribution in [0, 0.1) is 5.92 Å². The molecular formula is C16H30N4O. The maximum atomic E-state index is 5.42. The van der Waals surface area contributed by atoms with Crippen molar-refractivity contribution in [3.05, 3.63) is 11.7 Å². The van der Waals surface area contributed by atoms with Crippen molar-refractivity contribution in [3.63, 3.8) is 0 Å². The highest BCUT2D eigenvalue weighted by Gasteiger charge is 2.19. The summed E-state index contributed by atoms with van der Waals surface area (Å²) in [5.41, 5.74) is 0. The van der Waals surface area contributed by atoms with Crippen LogP contribution in [0.5, 0.6) is 0 Å². The molecule has 1 aliphatic heterocycles. The Kier molecular flexibility index (Phi) is 6.64. The Bertz CT molecular complexity index is 399. The van der Waals surface area contributed by atoms with Crippen molar-refractivity contribution >= 4 is 0 Å². The zero-order valence-corrected chi connectivity index (χ0v) is 13.8. The lowest BCUT2D eigenvalue weighted by atomic mass is 10.1. The largest absolute Gasteiger partial charge is 0.338 e. The Morgan fingerprint density at radius 3 is 2.95 bits per heavy atom. The Morgan fingerprint density at radius 1 is 1.43 bits per heavy atom. The third-order valence-corrected chi connectivity index (χ3v) is 3.93. The number of nitrogens with one attached hydrogen (secondary N) is 1. The summed E-state index contributed by atoms with van der Waals surface area (Å²) in [5.74, 6) is 2.17. The second-order valence-electron chi connectivity index (χ2n) is 6.58. The van der Waals surface area contributed by atoms with E-state index in [1.165, 1.54) is 25.7 Å². The standard InChI is InChI=1S/C16H30N4O/c1-4-5-9-20(11-14-7-6-8-17-14)12-16-18-15(19-21-16)10-13(2)3/h13-14,17H,4-12H2,1-3H3. The summed E-state index contributed by atoms with van der Waals surface area (Å²) in [4.78, 5) is 6.99. The molecule has 5 heteroatoms. The van der Waals surface area contributed by atoms with Gasteiger partial charge in [0.1, 0.15) is 0 Å². The topological polar surface area (TPSA) is 54.2 Å². The maximum Gasteiger partial charge on any atom is 0.240 e. The highest BCUT2D eigenvalue weighted by molar-refractivity contribution is 4.88. The van der Waals surface area contributed by atoms with Crippen LogP contribution in [0.2, 0.25) is 0 Å². The van der Waals surface area contributed by atoms with Gasteiger partial charge in [-0.3, -0.25) is 4.90 Å². The fraction of sp³-hybridized carbons (Fsp3) is 0.875. The van der Waals surface area contributed by atoms with E-state index in [-0.39, 0.29) is 0 Å². The van der Waals surface area contributed by atoms with Gasteiger partial charge in [-0.2, -0.15) is 4.98 Å². The molecule has 1 unspecified atom stereocenters. The second kappa shape index (κ2) is 8.49. The minimum Gasteiger partial charge on any atom is -0.338 e. The van der Waals surface area contributed by atoms with Crippen molar-refractivity contribution in [2.24, 2.45) is 5.92 Å². The Hall–Kier alpha value is -0.940. The van der Waals surface area contributed by atoms with Crippen molar-refractivity contribution < 1.29 is 4.52 Å². The van der Waals surface area contributed by atoms with Gasteiger partial charge in [-0.15, -0.1) is 0 Å². The molecule has 0 aliphatic carbocycles. The van der Waals surface area contributed by atoms with Crippen molar-refractivity contribution in [3.8, 4) is 0 Å². The van der Waals surface area contributed by atoms with Crippen LogP contribution in [0.15, 0.2) is 4.52 Å². The first-order valence-electron chi connectivity index (χ1n) is 8.44. The lowest BCUT2D eigenvalue weighted by Crippen LogP contribution is -2.37. The van der Waals surface area contributed by atoms with Crippen molar-refractivity contribution in [1.29, 1.82) is 0 Å². The Labute approximate surface area is 128 Å². The van der Waals surface area contributed by atoms with Crippen LogP contribution in [0.4, 0.5) is 0 Å². The van der Waals surface area contributed by atoms with Gasteiger partial charge in [0.05, 0.1) is 6.54 Å². The first-order valence-corrected chi connectivity index (χ1v) is 8.44. The van der Waals surface area contributed by atoms with Gasteiger partial charge in [-0.25, -0.2) is 0 Å². The molecule has 0 spiro atoms. The average Bonchev–Trinajstić information content (AvgIpc) is 3.07. The molecule has 0 amide bonds. The highest BCUT2D eigenvalue weighted by atomic mass is 16.5. The predicted octanol–water partition coefficient (Wildman–Crippen LogP) is 2.62. The molecule has 0 radical (unpaired) electrons. The molecule has 1 saturated heterocycles. The fourth-order valence-electron chi connectivity index (χ4n) is 2.83. The van der Waals surface area contributed by atoms with Crippen LogP contribution in [0.3, 0.4) is 0 Å². The number of aromatic nitrogens is 2. The van der Waals surface area contributed by atoms with E-state index in [9.17, 15) is 0 Å². The number of nitrogens with zero attached hydrogens (tertiary/aromatic N) is 3. The summed E-state index contributed by atoms with van der Waals surface area (Å²) >= 11 is 0. The van der Waals surface area contributed by atoms with Gasteiger partial charge in [0.15, 0.2) is 5.82 Å². The van der Waals surface area contributed by atoms with E-state index in [1.54, 1.807) is 0 Å². The molecular weight excluding hydrogens is 264 g/mol. The molecule has 2 rings (SSSR count). The van der Waals surface area contributed by atoms with Gasteiger partial charge in [0.25, 0.3) is 0 Å². The van der Waals surface area contributed by atoms with E-state index in [1.807, 2.05) is 0 Å². The van der Waals surface area contributed by atoms with Gasteiger partial charge in [0, 0.05) is 19.0 Å². The van der Waals surface area contributed by atoms with E-state index in [0.29, 0.717) is 12.0 Å². The first-order chi connectivity index (χ1) is 10.2. The van der Waals surface area contributed by atoms with Crippen LogP contribution >= 0.6 is 0 Å². The lowest BCUT2D eigenvalue weighted by molar-refractivity contribution is 0.206. The van der Waals surface area contributed by atoms with Crippen LogP contribution < -0.4 is 5.32 Å². The zero-order chi connectivity index (χ0) is 15.1.